The first-order chi connectivity index (χ1) is 9.36. The molecule has 1 aromatic carbocycles. The zero-order chi connectivity index (χ0) is 15.3. The van der Waals surface area contributed by atoms with Crippen LogP contribution in [0.25, 0.3) is 0 Å². The van der Waals surface area contributed by atoms with Crippen LogP contribution in [0.3, 0.4) is 0 Å². The summed E-state index contributed by atoms with van der Waals surface area (Å²) in [6.45, 7) is 3.52. The number of benzene rings is 1. The number of carbonyl (C=O) groups excluding carboxylic acids is 1. The van der Waals surface area contributed by atoms with E-state index in [0.29, 0.717) is 0 Å². The summed E-state index contributed by atoms with van der Waals surface area (Å²) >= 11 is 0. The lowest BCUT2D eigenvalue weighted by Crippen LogP contribution is -2.24. The van der Waals surface area contributed by atoms with Gasteiger partial charge in [-0.2, -0.15) is 0 Å². The number of aliphatic hydroxyl groups is 2. The van der Waals surface area contributed by atoms with Crippen molar-refractivity contribution >= 4 is 11.9 Å². The second-order valence-electron chi connectivity index (χ2n) is 4.42. The number of aromatic carboxylic acids is 1. The topological polar surface area (TPSA) is 104 Å². The minimum Gasteiger partial charge on any atom is -0.478 e. The molecule has 0 aliphatic rings. The van der Waals surface area contributed by atoms with Crippen LogP contribution in [0.15, 0.2) is 18.2 Å². The zero-order valence-corrected chi connectivity index (χ0v) is 11.4. The van der Waals surface area contributed by atoms with E-state index in [1.54, 1.807) is 19.9 Å². The molecule has 0 aromatic heterocycles. The number of hydrogen-bond donors (Lipinski definition) is 3. The normalized spacial score (nSPS) is 13.6. The molecular formula is C14H18O6. The largest absolute Gasteiger partial charge is 0.478 e. The third-order valence-electron chi connectivity index (χ3n) is 2.80. The van der Waals surface area contributed by atoms with Crippen molar-refractivity contribution in [2.24, 2.45) is 0 Å². The van der Waals surface area contributed by atoms with E-state index in [0.717, 1.165) is 5.56 Å². The Bertz CT molecular complexity index is 496. The first-order valence-corrected chi connectivity index (χ1v) is 6.22. The van der Waals surface area contributed by atoms with Gasteiger partial charge in [-0.1, -0.05) is 17.7 Å². The van der Waals surface area contributed by atoms with Crippen LogP contribution >= 0.6 is 0 Å². The molecule has 0 aliphatic carbocycles. The van der Waals surface area contributed by atoms with Gasteiger partial charge < -0.3 is 20.1 Å². The van der Waals surface area contributed by atoms with Gasteiger partial charge >= 0.3 is 11.9 Å². The first-order valence-electron chi connectivity index (χ1n) is 6.22. The van der Waals surface area contributed by atoms with Crippen LogP contribution in [-0.2, 0) is 9.53 Å². The van der Waals surface area contributed by atoms with Gasteiger partial charge in [0.2, 0.25) is 0 Å². The molecule has 20 heavy (non-hydrogen) atoms. The van der Waals surface area contributed by atoms with Crippen molar-refractivity contribution < 1.29 is 29.6 Å². The van der Waals surface area contributed by atoms with E-state index in [9.17, 15) is 19.8 Å². The quantitative estimate of drug-likeness (QED) is 0.673. The fourth-order valence-electron chi connectivity index (χ4n) is 1.82. The van der Waals surface area contributed by atoms with E-state index in [1.165, 1.54) is 12.1 Å². The highest BCUT2D eigenvalue weighted by Gasteiger charge is 2.26. The van der Waals surface area contributed by atoms with Crippen LogP contribution < -0.4 is 0 Å². The van der Waals surface area contributed by atoms with Gasteiger partial charge in [-0.05, 0) is 25.5 Å². The van der Waals surface area contributed by atoms with Crippen LogP contribution in [0.5, 0.6) is 0 Å². The Labute approximate surface area is 116 Å². The summed E-state index contributed by atoms with van der Waals surface area (Å²) in [5.41, 5.74) is 0.693. The van der Waals surface area contributed by atoms with E-state index in [4.69, 9.17) is 5.11 Å². The second-order valence-corrected chi connectivity index (χ2v) is 4.42. The number of carboxylic acids is 1. The number of esters is 1. The van der Waals surface area contributed by atoms with Crippen molar-refractivity contribution in [2.75, 3.05) is 6.61 Å². The number of aliphatic hydroxyl groups excluding tert-OH is 2. The molecule has 2 atom stereocenters. The molecule has 110 valence electrons. The number of aryl methyl sites for hydroxylation is 1. The van der Waals surface area contributed by atoms with Crippen molar-refractivity contribution in [3.05, 3.63) is 34.9 Å². The number of rotatable bonds is 6. The van der Waals surface area contributed by atoms with Gasteiger partial charge in [0.25, 0.3) is 0 Å². The van der Waals surface area contributed by atoms with E-state index >= 15 is 0 Å². The summed E-state index contributed by atoms with van der Waals surface area (Å²) in [7, 11) is 0. The van der Waals surface area contributed by atoms with Crippen LogP contribution in [0, 0.1) is 6.92 Å². The van der Waals surface area contributed by atoms with Crippen molar-refractivity contribution in [1.29, 1.82) is 0 Å². The lowest BCUT2D eigenvalue weighted by atomic mass is 9.95. The second kappa shape index (κ2) is 7.02. The Hall–Kier alpha value is -1.92. The minimum atomic E-state index is -1.47. The Morgan fingerprint density at radius 2 is 1.95 bits per heavy atom. The van der Waals surface area contributed by atoms with Crippen LogP contribution in [0.1, 0.15) is 40.9 Å². The van der Waals surface area contributed by atoms with Gasteiger partial charge in [0.15, 0.2) is 0 Å². The predicted octanol–water partition coefficient (Wildman–Crippen LogP) is 1.04. The third-order valence-corrected chi connectivity index (χ3v) is 2.80. The first kappa shape index (κ1) is 16.1. The average molecular weight is 282 g/mol. The number of hydrogen-bond acceptors (Lipinski definition) is 5. The molecule has 0 fully saturated rings. The van der Waals surface area contributed by atoms with E-state index in [-0.39, 0.29) is 17.7 Å². The summed E-state index contributed by atoms with van der Waals surface area (Å²) in [6.07, 6.45) is -3.29. The highest BCUT2D eigenvalue weighted by atomic mass is 16.5. The molecule has 0 bridgehead atoms. The maximum Gasteiger partial charge on any atom is 0.336 e. The third kappa shape index (κ3) is 4.04. The van der Waals surface area contributed by atoms with Gasteiger partial charge in [0.05, 0.1) is 24.7 Å². The molecular weight excluding hydrogens is 264 g/mol. The van der Waals surface area contributed by atoms with Crippen LogP contribution in [0.2, 0.25) is 0 Å². The Balaban J connectivity index is 2.93. The van der Waals surface area contributed by atoms with Crippen molar-refractivity contribution in [3.8, 4) is 0 Å². The minimum absolute atomic E-state index is 0.0694. The predicted molar refractivity (Wildman–Crippen MR) is 70.4 cm³/mol. The molecule has 6 heteroatoms. The maximum atomic E-state index is 11.3. The summed E-state index contributed by atoms with van der Waals surface area (Å²) in [5.74, 6) is -1.85. The molecule has 0 spiro atoms. The van der Waals surface area contributed by atoms with Gasteiger partial charge in [0.1, 0.15) is 6.10 Å². The summed E-state index contributed by atoms with van der Waals surface area (Å²) in [5, 5.41) is 28.9. The Morgan fingerprint density at radius 1 is 1.30 bits per heavy atom. The molecule has 0 aliphatic heterocycles. The molecule has 3 N–H and O–H groups in total. The fraction of sp³-hybridized carbons (Fsp3) is 0.429. The van der Waals surface area contributed by atoms with Gasteiger partial charge in [-0.3, -0.25) is 4.79 Å². The lowest BCUT2D eigenvalue weighted by Gasteiger charge is -2.19. The highest BCUT2D eigenvalue weighted by molar-refractivity contribution is 5.89. The van der Waals surface area contributed by atoms with E-state index < -0.39 is 30.6 Å². The molecule has 0 heterocycles. The molecule has 6 nitrogen and oxygen atoms in total. The molecule has 1 rings (SSSR count). The summed E-state index contributed by atoms with van der Waals surface area (Å²) < 4.78 is 4.67. The maximum absolute atomic E-state index is 11.3. The Morgan fingerprint density at radius 3 is 2.50 bits per heavy atom. The molecule has 0 radical (unpaired) electrons. The average Bonchev–Trinajstić information content (AvgIpc) is 2.37. The molecule has 1 aromatic rings. The number of carbonyl (C=O) groups is 2. The van der Waals surface area contributed by atoms with Crippen molar-refractivity contribution in [2.45, 2.75) is 32.5 Å². The molecule has 2 unspecified atom stereocenters. The number of ether oxygens (including phenoxy) is 1. The summed E-state index contributed by atoms with van der Waals surface area (Å²) in [6, 6.07) is 4.46. The smallest absolute Gasteiger partial charge is 0.336 e. The van der Waals surface area contributed by atoms with Crippen LogP contribution in [0.4, 0.5) is 0 Å². The lowest BCUT2D eigenvalue weighted by molar-refractivity contribution is -0.147. The molecule has 0 saturated carbocycles. The van der Waals surface area contributed by atoms with Crippen molar-refractivity contribution in [3.63, 3.8) is 0 Å². The zero-order valence-electron chi connectivity index (χ0n) is 11.4. The molecule has 0 saturated heterocycles. The Kier molecular flexibility index (Phi) is 5.66. The van der Waals surface area contributed by atoms with Gasteiger partial charge in [0, 0.05) is 0 Å². The van der Waals surface area contributed by atoms with Gasteiger partial charge in [-0.25, -0.2) is 4.79 Å². The van der Waals surface area contributed by atoms with Gasteiger partial charge in [-0.15, -0.1) is 0 Å². The van der Waals surface area contributed by atoms with Crippen LogP contribution in [-0.4, -0.2) is 40.0 Å². The monoisotopic (exact) mass is 282 g/mol. The highest BCUT2D eigenvalue weighted by Crippen LogP contribution is 2.24. The fourth-order valence-corrected chi connectivity index (χ4v) is 1.82. The van der Waals surface area contributed by atoms with Crippen molar-refractivity contribution in [1.82, 2.24) is 0 Å². The van der Waals surface area contributed by atoms with E-state index in [1.807, 2.05) is 0 Å². The number of carboxylic acid groups (broad SMARTS) is 1. The molecule has 0 amide bonds. The summed E-state index contributed by atoms with van der Waals surface area (Å²) in [4.78, 5) is 22.4. The SMILES string of the molecule is CCOC(=O)CC(O)C(O)c1ccc(C)cc1C(=O)O. The standard InChI is InChI=1S/C14H18O6/c1-3-20-12(16)7-11(15)13(17)9-5-4-8(2)6-10(9)14(18)19/h4-6,11,13,15,17H,3,7H2,1-2H3,(H,18,19). The van der Waals surface area contributed by atoms with E-state index in [2.05, 4.69) is 4.74 Å².